The van der Waals surface area contributed by atoms with E-state index in [1.54, 1.807) is 20.8 Å². The molecule has 0 radical (unpaired) electrons. The van der Waals surface area contributed by atoms with E-state index in [9.17, 15) is 22.8 Å². The molecule has 1 aliphatic rings. The Balaban J connectivity index is 2.12. The van der Waals surface area contributed by atoms with Gasteiger partial charge in [0.05, 0.1) is 5.56 Å². The fraction of sp³-hybridized carbons (Fsp3) is 0.600. The molecular formula is C20H27F3N2O3. The number of nitrogens with one attached hydrogen (secondary N) is 1. The highest BCUT2D eigenvalue weighted by Crippen LogP contribution is 2.34. The van der Waals surface area contributed by atoms with Crippen molar-refractivity contribution < 1.29 is 27.5 Å². The summed E-state index contributed by atoms with van der Waals surface area (Å²) >= 11 is 0. The number of rotatable bonds is 6. The fourth-order valence-electron chi connectivity index (χ4n) is 3.95. The van der Waals surface area contributed by atoms with Gasteiger partial charge in [0.2, 0.25) is 0 Å². The molecule has 0 spiro atoms. The second kappa shape index (κ2) is 8.41. The maximum absolute atomic E-state index is 12.9. The zero-order valence-corrected chi connectivity index (χ0v) is 16.4. The predicted molar refractivity (Wildman–Crippen MR) is 98.8 cm³/mol. The van der Waals surface area contributed by atoms with Crippen LogP contribution in [-0.4, -0.2) is 23.6 Å². The van der Waals surface area contributed by atoms with E-state index in [0.29, 0.717) is 18.4 Å². The molecule has 156 valence electrons. The van der Waals surface area contributed by atoms with Gasteiger partial charge in [-0.3, -0.25) is 4.79 Å². The number of alkyl halides is 3. The van der Waals surface area contributed by atoms with Crippen LogP contribution in [-0.2, 0) is 17.3 Å². The van der Waals surface area contributed by atoms with Crippen molar-refractivity contribution in [2.75, 3.05) is 0 Å². The summed E-state index contributed by atoms with van der Waals surface area (Å²) in [5, 5.41) is 2.96. The molecule has 2 atom stereocenters. The maximum Gasteiger partial charge on any atom is 0.416 e. The van der Waals surface area contributed by atoms with E-state index in [0.717, 1.165) is 31.4 Å². The number of aryl methyl sites for hydroxylation is 1. The van der Waals surface area contributed by atoms with Crippen molar-refractivity contribution in [3.05, 3.63) is 34.9 Å². The molecule has 3 N–H and O–H groups in total. The lowest BCUT2D eigenvalue weighted by Crippen LogP contribution is -2.41. The average molecular weight is 400 g/mol. The van der Waals surface area contributed by atoms with Gasteiger partial charge in [0.25, 0.3) is 5.91 Å². The first-order chi connectivity index (χ1) is 12.9. The van der Waals surface area contributed by atoms with E-state index >= 15 is 0 Å². The molecule has 0 unspecified atom stereocenters. The van der Waals surface area contributed by atoms with Gasteiger partial charge in [0, 0.05) is 11.6 Å². The largest absolute Gasteiger partial charge is 0.444 e. The number of amides is 2. The van der Waals surface area contributed by atoms with Crippen LogP contribution < -0.4 is 11.1 Å². The van der Waals surface area contributed by atoms with Gasteiger partial charge in [-0.15, -0.1) is 0 Å². The fourth-order valence-corrected chi connectivity index (χ4v) is 3.95. The Hall–Kier alpha value is -2.25. The minimum Gasteiger partial charge on any atom is -0.444 e. The number of carbonyl (C=O) groups excluding carboxylic acids is 2. The molecule has 0 heterocycles. The molecule has 1 aromatic carbocycles. The van der Waals surface area contributed by atoms with Crippen molar-refractivity contribution in [3.8, 4) is 0 Å². The van der Waals surface area contributed by atoms with Gasteiger partial charge in [0.15, 0.2) is 0 Å². The molecule has 0 saturated heterocycles. The summed E-state index contributed by atoms with van der Waals surface area (Å²) in [5.41, 5.74) is 4.21. The second-order valence-electron chi connectivity index (χ2n) is 7.88. The van der Waals surface area contributed by atoms with Gasteiger partial charge in [-0.1, -0.05) is 13.3 Å². The van der Waals surface area contributed by atoms with E-state index in [1.807, 2.05) is 0 Å². The quantitative estimate of drug-likeness (QED) is 0.741. The van der Waals surface area contributed by atoms with Gasteiger partial charge < -0.3 is 15.8 Å². The number of carbonyl (C=O) groups is 2. The number of benzene rings is 1. The lowest BCUT2D eigenvalue weighted by atomic mass is 9.89. The summed E-state index contributed by atoms with van der Waals surface area (Å²) in [7, 11) is 0. The van der Waals surface area contributed by atoms with Gasteiger partial charge in [0.1, 0.15) is 5.60 Å². The average Bonchev–Trinajstić information content (AvgIpc) is 2.98. The molecule has 0 bridgehead atoms. The molecule has 0 aliphatic heterocycles. The summed E-state index contributed by atoms with van der Waals surface area (Å²) in [6, 6.07) is 3.07. The van der Waals surface area contributed by atoms with Crippen molar-refractivity contribution in [3.63, 3.8) is 0 Å². The predicted octanol–water partition coefficient (Wildman–Crippen LogP) is 4.43. The zero-order chi connectivity index (χ0) is 21.1. The standard InChI is InChI=1S/C20H27F3N2O3/c1-4-12-10-14(20(21,22)23)8-9-15(12)17(26)25-16-7-5-6-13(16)11-19(2,3)28-18(24)27/h8-10,13,16H,4-7,11H2,1-3H3,(H2,24,27)(H,25,26)/t13-,16-/m0/s1. The summed E-state index contributed by atoms with van der Waals surface area (Å²) in [6.07, 6.45) is -1.89. The summed E-state index contributed by atoms with van der Waals surface area (Å²) in [4.78, 5) is 23.8. The first-order valence-electron chi connectivity index (χ1n) is 9.42. The Morgan fingerprint density at radius 3 is 2.50 bits per heavy atom. The third-order valence-electron chi connectivity index (χ3n) is 5.16. The number of ether oxygens (including phenoxy) is 1. The van der Waals surface area contributed by atoms with Crippen LogP contribution in [0.4, 0.5) is 18.0 Å². The Labute approximate surface area is 162 Å². The van der Waals surface area contributed by atoms with Gasteiger partial charge in [-0.05, 0) is 69.2 Å². The third kappa shape index (κ3) is 5.62. The highest BCUT2D eigenvalue weighted by Gasteiger charge is 2.36. The van der Waals surface area contributed by atoms with E-state index in [4.69, 9.17) is 10.5 Å². The van der Waals surface area contributed by atoms with Crippen molar-refractivity contribution in [1.29, 1.82) is 0 Å². The number of hydrogen-bond donors (Lipinski definition) is 2. The van der Waals surface area contributed by atoms with Crippen LogP contribution >= 0.6 is 0 Å². The third-order valence-corrected chi connectivity index (χ3v) is 5.16. The molecule has 0 aromatic heterocycles. The summed E-state index contributed by atoms with van der Waals surface area (Å²) in [6.45, 7) is 5.24. The topological polar surface area (TPSA) is 81.4 Å². The van der Waals surface area contributed by atoms with Crippen LogP contribution in [0.1, 0.15) is 67.9 Å². The summed E-state index contributed by atoms with van der Waals surface area (Å²) in [5.74, 6) is -0.283. The van der Waals surface area contributed by atoms with E-state index in [2.05, 4.69) is 5.32 Å². The normalized spacial score (nSPS) is 20.1. The van der Waals surface area contributed by atoms with E-state index < -0.39 is 23.4 Å². The Bertz CT molecular complexity index is 732. The molecule has 1 saturated carbocycles. The lowest BCUT2D eigenvalue weighted by Gasteiger charge is -2.30. The summed E-state index contributed by atoms with van der Waals surface area (Å²) < 4.78 is 43.9. The molecule has 1 aromatic rings. The SMILES string of the molecule is CCc1cc(C(F)(F)F)ccc1C(=O)N[C@H]1CCC[C@H]1CC(C)(C)OC(N)=O. The minimum atomic E-state index is -4.44. The smallest absolute Gasteiger partial charge is 0.416 e. The second-order valence-corrected chi connectivity index (χ2v) is 7.88. The molecule has 5 nitrogen and oxygen atoms in total. The first kappa shape index (κ1) is 22.0. The van der Waals surface area contributed by atoms with E-state index in [1.165, 1.54) is 6.07 Å². The number of nitrogens with two attached hydrogens (primary N) is 1. The number of primary amides is 1. The molecule has 1 aliphatic carbocycles. The number of hydrogen-bond acceptors (Lipinski definition) is 3. The molecule has 8 heteroatoms. The monoisotopic (exact) mass is 400 g/mol. The van der Waals surface area contributed by atoms with Crippen molar-refractivity contribution in [2.45, 2.75) is 70.7 Å². The molecule has 28 heavy (non-hydrogen) atoms. The van der Waals surface area contributed by atoms with Crippen LogP contribution in [0.25, 0.3) is 0 Å². The Morgan fingerprint density at radius 2 is 1.93 bits per heavy atom. The highest BCUT2D eigenvalue weighted by molar-refractivity contribution is 5.96. The van der Waals surface area contributed by atoms with Gasteiger partial charge in [-0.25, -0.2) is 4.79 Å². The van der Waals surface area contributed by atoms with Gasteiger partial charge >= 0.3 is 12.3 Å². The Kier molecular flexibility index (Phi) is 6.62. The van der Waals surface area contributed by atoms with Crippen molar-refractivity contribution in [2.24, 2.45) is 11.7 Å². The Morgan fingerprint density at radius 1 is 1.25 bits per heavy atom. The first-order valence-corrected chi connectivity index (χ1v) is 9.42. The highest BCUT2D eigenvalue weighted by atomic mass is 19.4. The van der Waals surface area contributed by atoms with Crippen molar-refractivity contribution >= 4 is 12.0 Å². The van der Waals surface area contributed by atoms with E-state index in [-0.39, 0.29) is 23.4 Å². The number of halogens is 3. The molecule has 1 fully saturated rings. The van der Waals surface area contributed by atoms with Crippen LogP contribution in [0.15, 0.2) is 18.2 Å². The zero-order valence-electron chi connectivity index (χ0n) is 16.4. The van der Waals surface area contributed by atoms with Crippen LogP contribution in [0.3, 0.4) is 0 Å². The molecule has 2 amide bonds. The van der Waals surface area contributed by atoms with Crippen LogP contribution in [0, 0.1) is 5.92 Å². The van der Waals surface area contributed by atoms with Crippen molar-refractivity contribution in [1.82, 2.24) is 5.32 Å². The molecular weight excluding hydrogens is 373 g/mol. The van der Waals surface area contributed by atoms with Gasteiger partial charge in [-0.2, -0.15) is 13.2 Å². The molecule has 2 rings (SSSR count). The lowest BCUT2D eigenvalue weighted by molar-refractivity contribution is -0.137. The van der Waals surface area contributed by atoms with Crippen LogP contribution in [0.2, 0.25) is 0 Å². The van der Waals surface area contributed by atoms with Crippen LogP contribution in [0.5, 0.6) is 0 Å². The minimum absolute atomic E-state index is 0.0952. The maximum atomic E-state index is 12.9.